The summed E-state index contributed by atoms with van der Waals surface area (Å²) in [6, 6.07) is 0. The summed E-state index contributed by atoms with van der Waals surface area (Å²) >= 11 is 9.07. The molecule has 0 aliphatic heterocycles. The lowest BCUT2D eigenvalue weighted by molar-refractivity contribution is 0.824. The van der Waals surface area contributed by atoms with Crippen molar-refractivity contribution in [2.24, 2.45) is 0 Å². The van der Waals surface area contributed by atoms with Crippen molar-refractivity contribution in [3.8, 4) is 0 Å². The average Bonchev–Trinajstić information content (AvgIpc) is 2.93. The Morgan fingerprint density at radius 2 is 2.17 bits per heavy atom. The van der Waals surface area contributed by atoms with E-state index in [9.17, 15) is 0 Å². The van der Waals surface area contributed by atoms with Crippen molar-refractivity contribution in [2.45, 2.75) is 23.2 Å². The van der Waals surface area contributed by atoms with Gasteiger partial charge in [-0.05, 0) is 25.6 Å². The van der Waals surface area contributed by atoms with Crippen molar-refractivity contribution < 1.29 is 0 Å². The van der Waals surface area contributed by atoms with Gasteiger partial charge in [0, 0.05) is 5.56 Å². The monoisotopic (exact) mass is 298 g/mol. The highest BCUT2D eigenvalue weighted by Gasteiger charge is 2.15. The first-order valence-electron chi connectivity index (χ1n) is 4.99. The molecule has 0 saturated heterocycles. The van der Waals surface area contributed by atoms with Gasteiger partial charge in [-0.15, -0.1) is 10.2 Å². The van der Waals surface area contributed by atoms with Crippen LogP contribution in [-0.2, 0) is 0 Å². The molecule has 92 valence electrons. The molecular formula is C9H7ClN6S2. The molecule has 0 atom stereocenters. The zero-order chi connectivity index (χ0) is 12.7. The summed E-state index contributed by atoms with van der Waals surface area (Å²) in [5.74, 6) is 0.481. The number of rotatable bonds is 2. The highest BCUT2D eigenvalue weighted by molar-refractivity contribution is 8.01. The summed E-state index contributed by atoms with van der Waals surface area (Å²) in [5.41, 5.74) is 0.854. The summed E-state index contributed by atoms with van der Waals surface area (Å²) in [6.45, 7) is 3.81. The van der Waals surface area contributed by atoms with E-state index in [2.05, 4.69) is 25.3 Å². The number of aryl methyl sites for hydroxylation is 1. The van der Waals surface area contributed by atoms with E-state index in [0.29, 0.717) is 10.9 Å². The van der Waals surface area contributed by atoms with E-state index in [1.54, 1.807) is 4.52 Å². The molecule has 3 aromatic heterocycles. The third-order valence-corrected chi connectivity index (χ3v) is 4.67. The molecule has 0 aliphatic carbocycles. The van der Waals surface area contributed by atoms with E-state index in [0.717, 1.165) is 19.9 Å². The summed E-state index contributed by atoms with van der Waals surface area (Å²) in [7, 11) is 0. The van der Waals surface area contributed by atoms with Crippen molar-refractivity contribution in [1.82, 2.24) is 29.8 Å². The van der Waals surface area contributed by atoms with E-state index in [1.807, 2.05) is 13.8 Å². The van der Waals surface area contributed by atoms with Gasteiger partial charge in [-0.25, -0.2) is 0 Å². The SMILES string of the molecule is Cc1nnc(Sc2c(C)c(Cl)nc3ncnn23)s1. The average molecular weight is 299 g/mol. The standard InChI is InChI=1S/C9H7ClN6S2/c1-4-6(10)13-8-11-3-12-16(8)7(4)18-9-15-14-5(2)17-9/h3H,1-2H3. The fourth-order valence-electron chi connectivity index (χ4n) is 1.40. The zero-order valence-electron chi connectivity index (χ0n) is 9.46. The van der Waals surface area contributed by atoms with E-state index >= 15 is 0 Å². The minimum absolute atomic E-state index is 0.430. The van der Waals surface area contributed by atoms with Gasteiger partial charge in [-0.1, -0.05) is 22.9 Å². The molecule has 3 aromatic rings. The fourth-order valence-corrected chi connectivity index (χ4v) is 3.51. The molecule has 0 amide bonds. The molecule has 0 N–H and O–H groups in total. The third-order valence-electron chi connectivity index (χ3n) is 2.24. The summed E-state index contributed by atoms with van der Waals surface area (Å²) in [5, 5.41) is 14.4. The minimum Gasteiger partial charge on any atom is -0.199 e. The second-order valence-electron chi connectivity index (χ2n) is 3.49. The minimum atomic E-state index is 0.430. The van der Waals surface area contributed by atoms with Crippen LogP contribution >= 0.6 is 34.7 Å². The molecule has 6 nitrogen and oxygen atoms in total. The van der Waals surface area contributed by atoms with Crippen molar-refractivity contribution in [1.29, 1.82) is 0 Å². The van der Waals surface area contributed by atoms with Gasteiger partial charge in [0.15, 0.2) is 4.34 Å². The van der Waals surface area contributed by atoms with Crippen LogP contribution in [0.25, 0.3) is 5.78 Å². The molecule has 0 fully saturated rings. The van der Waals surface area contributed by atoms with Crippen LogP contribution in [0.2, 0.25) is 5.15 Å². The van der Waals surface area contributed by atoms with Gasteiger partial charge in [0.1, 0.15) is 21.5 Å². The summed E-state index contributed by atoms with van der Waals surface area (Å²) in [4.78, 5) is 8.19. The first-order chi connectivity index (χ1) is 8.65. The fraction of sp³-hybridized carbons (Fsp3) is 0.222. The molecule has 0 bridgehead atoms. The van der Waals surface area contributed by atoms with Crippen LogP contribution in [0, 0.1) is 13.8 Å². The predicted octanol–water partition coefficient (Wildman–Crippen LogP) is 2.40. The van der Waals surface area contributed by atoms with Crippen molar-refractivity contribution in [3.05, 3.63) is 22.1 Å². The van der Waals surface area contributed by atoms with E-state index in [-0.39, 0.29) is 0 Å². The third kappa shape index (κ3) is 1.96. The molecule has 0 spiro atoms. The highest BCUT2D eigenvalue weighted by Crippen LogP contribution is 2.33. The second kappa shape index (κ2) is 4.45. The molecule has 0 unspecified atom stereocenters. The van der Waals surface area contributed by atoms with E-state index in [4.69, 9.17) is 11.6 Å². The van der Waals surface area contributed by atoms with Crippen molar-refractivity contribution in [2.75, 3.05) is 0 Å². The molecular weight excluding hydrogens is 292 g/mol. The normalized spacial score (nSPS) is 11.3. The predicted molar refractivity (Wildman–Crippen MR) is 69.3 cm³/mol. The topological polar surface area (TPSA) is 68.9 Å². The first kappa shape index (κ1) is 11.8. The van der Waals surface area contributed by atoms with Crippen LogP contribution in [0.4, 0.5) is 0 Å². The molecule has 0 radical (unpaired) electrons. The molecule has 0 aromatic carbocycles. The number of nitrogens with zero attached hydrogens (tertiary/aromatic N) is 6. The van der Waals surface area contributed by atoms with Gasteiger partial charge in [-0.3, -0.25) is 0 Å². The lowest BCUT2D eigenvalue weighted by Gasteiger charge is -2.06. The van der Waals surface area contributed by atoms with Crippen LogP contribution in [0.15, 0.2) is 15.7 Å². The maximum atomic E-state index is 6.08. The van der Waals surface area contributed by atoms with Gasteiger partial charge in [0.05, 0.1) is 0 Å². The summed E-state index contributed by atoms with van der Waals surface area (Å²) in [6.07, 6.45) is 1.45. The number of halogens is 1. The summed E-state index contributed by atoms with van der Waals surface area (Å²) < 4.78 is 2.50. The number of hydrogen-bond acceptors (Lipinski definition) is 7. The van der Waals surface area contributed by atoms with E-state index in [1.165, 1.54) is 29.4 Å². The Labute approximate surface area is 115 Å². The van der Waals surface area contributed by atoms with Gasteiger partial charge >= 0.3 is 0 Å². The Hall–Kier alpha value is -1.25. The van der Waals surface area contributed by atoms with Crippen molar-refractivity contribution in [3.63, 3.8) is 0 Å². The Morgan fingerprint density at radius 1 is 1.33 bits per heavy atom. The number of hydrogen-bond donors (Lipinski definition) is 0. The molecule has 3 rings (SSSR count). The maximum absolute atomic E-state index is 6.08. The largest absolute Gasteiger partial charge is 0.254 e. The Kier molecular flexibility index (Phi) is 2.92. The number of fused-ring (bicyclic) bond motifs is 1. The van der Waals surface area contributed by atoms with Gasteiger partial charge in [0.25, 0.3) is 5.78 Å². The molecule has 0 aliphatic rings. The Morgan fingerprint density at radius 3 is 2.89 bits per heavy atom. The lowest BCUT2D eigenvalue weighted by Crippen LogP contribution is -1.99. The first-order valence-corrected chi connectivity index (χ1v) is 7.00. The van der Waals surface area contributed by atoms with Crippen LogP contribution in [0.5, 0.6) is 0 Å². The number of aromatic nitrogens is 6. The molecule has 0 saturated carbocycles. The van der Waals surface area contributed by atoms with Gasteiger partial charge < -0.3 is 0 Å². The van der Waals surface area contributed by atoms with Crippen LogP contribution in [-0.4, -0.2) is 29.8 Å². The van der Waals surface area contributed by atoms with E-state index < -0.39 is 0 Å². The van der Waals surface area contributed by atoms with Crippen LogP contribution in [0.1, 0.15) is 10.6 Å². The second-order valence-corrected chi connectivity index (χ2v) is 6.27. The molecule has 18 heavy (non-hydrogen) atoms. The Balaban J connectivity index is 2.15. The zero-order valence-corrected chi connectivity index (χ0v) is 11.8. The smallest absolute Gasteiger partial charge is 0.199 e. The quantitative estimate of drug-likeness (QED) is 0.677. The van der Waals surface area contributed by atoms with Gasteiger partial charge in [0.2, 0.25) is 0 Å². The molecule has 3 heterocycles. The Bertz CT molecular complexity index is 721. The maximum Gasteiger partial charge on any atom is 0.254 e. The highest BCUT2D eigenvalue weighted by atomic mass is 35.5. The van der Waals surface area contributed by atoms with Crippen LogP contribution in [0.3, 0.4) is 0 Å². The van der Waals surface area contributed by atoms with Crippen molar-refractivity contribution >= 4 is 40.5 Å². The molecule has 9 heteroatoms. The van der Waals surface area contributed by atoms with Crippen LogP contribution < -0.4 is 0 Å². The van der Waals surface area contributed by atoms with Gasteiger partial charge in [-0.2, -0.15) is 19.6 Å². The lowest BCUT2D eigenvalue weighted by atomic mass is 10.4.